The quantitative estimate of drug-likeness (QED) is 0.846. The van der Waals surface area contributed by atoms with E-state index in [1.165, 1.54) is 5.56 Å². The second-order valence-electron chi connectivity index (χ2n) is 5.36. The predicted octanol–water partition coefficient (Wildman–Crippen LogP) is 2.68. The third-order valence-electron chi connectivity index (χ3n) is 3.99. The summed E-state index contributed by atoms with van der Waals surface area (Å²) in [7, 11) is 3.37. The zero-order valence-electron chi connectivity index (χ0n) is 12.4. The maximum atomic E-state index is 5.35. The van der Waals surface area contributed by atoms with Crippen LogP contribution < -0.4 is 9.47 Å². The highest BCUT2D eigenvalue weighted by Gasteiger charge is 2.25. The number of hydrogen-bond acceptors (Lipinski definition) is 5. The molecule has 0 unspecified atom stereocenters. The van der Waals surface area contributed by atoms with Crippen molar-refractivity contribution in [3.63, 3.8) is 0 Å². The van der Waals surface area contributed by atoms with E-state index < -0.39 is 0 Å². The van der Waals surface area contributed by atoms with Crippen LogP contribution in [0.4, 0.5) is 0 Å². The summed E-state index contributed by atoms with van der Waals surface area (Å²) in [6.07, 6.45) is 2.75. The number of methoxy groups -OCH3 is 2. The molecular weight excluding hydrogens is 268 g/mol. The minimum absolute atomic E-state index is 0.501. The topological polar surface area (TPSA) is 47.7 Å². The zero-order valence-corrected chi connectivity index (χ0v) is 12.4. The Hall–Kier alpha value is -2.01. The van der Waals surface area contributed by atoms with Gasteiger partial charge in [-0.25, -0.2) is 0 Å². The van der Waals surface area contributed by atoms with E-state index in [0.717, 1.165) is 43.2 Å². The lowest BCUT2D eigenvalue weighted by Gasteiger charge is -2.16. The molecule has 2 heterocycles. The molecule has 1 saturated heterocycles. The van der Waals surface area contributed by atoms with Gasteiger partial charge in [0.05, 0.1) is 19.9 Å². The van der Waals surface area contributed by atoms with E-state index in [-0.39, 0.29) is 0 Å². The number of nitrogens with zero attached hydrogens (tertiary/aromatic N) is 2. The first-order valence-electron chi connectivity index (χ1n) is 7.13. The molecule has 0 amide bonds. The molecule has 0 spiro atoms. The molecule has 1 aliphatic rings. The molecule has 0 radical (unpaired) electrons. The van der Waals surface area contributed by atoms with Crippen LogP contribution in [0.3, 0.4) is 0 Å². The van der Waals surface area contributed by atoms with Gasteiger partial charge in [0, 0.05) is 25.2 Å². The van der Waals surface area contributed by atoms with Crippen molar-refractivity contribution < 1.29 is 14.0 Å². The summed E-state index contributed by atoms with van der Waals surface area (Å²) in [6.45, 7) is 2.92. The first-order valence-corrected chi connectivity index (χ1v) is 7.13. The largest absolute Gasteiger partial charge is 0.497 e. The second kappa shape index (κ2) is 6.18. The molecule has 0 bridgehead atoms. The third kappa shape index (κ3) is 3.19. The smallest absolute Gasteiger partial charge is 0.124 e. The highest BCUT2D eigenvalue weighted by molar-refractivity contribution is 5.40. The molecule has 1 aromatic carbocycles. The monoisotopic (exact) mass is 288 g/mol. The number of ether oxygens (including phenoxy) is 2. The van der Waals surface area contributed by atoms with Gasteiger partial charge in [-0.2, -0.15) is 0 Å². The van der Waals surface area contributed by atoms with Gasteiger partial charge in [0.2, 0.25) is 0 Å². The van der Waals surface area contributed by atoms with Crippen LogP contribution in [0.25, 0.3) is 0 Å². The first kappa shape index (κ1) is 13.9. The number of aromatic nitrogens is 1. The van der Waals surface area contributed by atoms with Gasteiger partial charge in [-0.3, -0.25) is 4.90 Å². The van der Waals surface area contributed by atoms with Crippen LogP contribution in [0.2, 0.25) is 0 Å². The van der Waals surface area contributed by atoms with E-state index in [4.69, 9.17) is 14.0 Å². The van der Waals surface area contributed by atoms with Crippen LogP contribution in [0, 0.1) is 0 Å². The van der Waals surface area contributed by atoms with Crippen molar-refractivity contribution in [3.8, 4) is 11.5 Å². The molecule has 0 aliphatic carbocycles. The molecule has 5 heteroatoms. The standard InChI is InChI=1S/C16H20N2O3/c1-19-15-7-13(8-16(9-15)20-2)12-3-5-18(10-12)11-14-4-6-21-17-14/h4,6-9,12H,3,5,10-11H2,1-2H3/t12-/m1/s1. The van der Waals surface area contributed by atoms with E-state index >= 15 is 0 Å². The van der Waals surface area contributed by atoms with E-state index in [1.807, 2.05) is 12.1 Å². The van der Waals surface area contributed by atoms with Crippen LogP contribution in [-0.4, -0.2) is 37.4 Å². The summed E-state index contributed by atoms with van der Waals surface area (Å²) in [5.41, 5.74) is 2.26. The summed E-state index contributed by atoms with van der Waals surface area (Å²) in [6, 6.07) is 8.03. The summed E-state index contributed by atoms with van der Waals surface area (Å²) >= 11 is 0. The number of rotatable bonds is 5. The fourth-order valence-electron chi connectivity index (χ4n) is 2.86. The lowest BCUT2D eigenvalue weighted by molar-refractivity contribution is 0.310. The first-order chi connectivity index (χ1) is 10.3. The van der Waals surface area contributed by atoms with Crippen LogP contribution >= 0.6 is 0 Å². The molecule has 2 aromatic rings. The molecule has 1 atom stereocenters. The van der Waals surface area contributed by atoms with E-state index in [1.54, 1.807) is 20.5 Å². The maximum absolute atomic E-state index is 5.35. The average molecular weight is 288 g/mol. The Labute approximate surface area is 124 Å². The van der Waals surface area contributed by atoms with Crippen molar-refractivity contribution >= 4 is 0 Å². The van der Waals surface area contributed by atoms with Gasteiger partial charge in [0.15, 0.2) is 0 Å². The van der Waals surface area contributed by atoms with Crippen LogP contribution in [0.15, 0.2) is 35.1 Å². The van der Waals surface area contributed by atoms with Crippen molar-refractivity contribution in [3.05, 3.63) is 41.8 Å². The Balaban J connectivity index is 1.70. The van der Waals surface area contributed by atoms with Crippen molar-refractivity contribution in [2.75, 3.05) is 27.3 Å². The summed E-state index contributed by atoms with van der Waals surface area (Å²) < 4.78 is 15.6. The molecule has 5 nitrogen and oxygen atoms in total. The second-order valence-corrected chi connectivity index (χ2v) is 5.36. The van der Waals surface area contributed by atoms with Gasteiger partial charge in [-0.1, -0.05) is 5.16 Å². The lowest BCUT2D eigenvalue weighted by atomic mass is 9.98. The predicted molar refractivity (Wildman–Crippen MR) is 78.7 cm³/mol. The van der Waals surface area contributed by atoms with Crippen molar-refractivity contribution in [1.82, 2.24) is 10.1 Å². The minimum Gasteiger partial charge on any atom is -0.497 e. The molecule has 0 saturated carbocycles. The zero-order chi connectivity index (χ0) is 14.7. The fraction of sp³-hybridized carbons (Fsp3) is 0.438. The Morgan fingerprint density at radius 3 is 2.62 bits per heavy atom. The maximum Gasteiger partial charge on any atom is 0.124 e. The van der Waals surface area contributed by atoms with Crippen LogP contribution in [0.1, 0.15) is 23.6 Å². The Bertz CT molecular complexity index is 561. The van der Waals surface area contributed by atoms with Gasteiger partial charge in [0.25, 0.3) is 0 Å². The van der Waals surface area contributed by atoms with Gasteiger partial charge in [-0.15, -0.1) is 0 Å². The van der Waals surface area contributed by atoms with Crippen molar-refractivity contribution in [2.45, 2.75) is 18.9 Å². The highest BCUT2D eigenvalue weighted by Crippen LogP contribution is 2.33. The highest BCUT2D eigenvalue weighted by atomic mass is 16.5. The van der Waals surface area contributed by atoms with E-state index in [2.05, 4.69) is 22.2 Å². The molecule has 1 aliphatic heterocycles. The molecular formula is C16H20N2O3. The minimum atomic E-state index is 0.501. The summed E-state index contributed by atoms with van der Waals surface area (Å²) in [4.78, 5) is 2.40. The molecule has 21 heavy (non-hydrogen) atoms. The number of likely N-dealkylation sites (tertiary alicyclic amines) is 1. The molecule has 0 N–H and O–H groups in total. The number of benzene rings is 1. The summed E-state index contributed by atoms with van der Waals surface area (Å²) in [5, 5.41) is 3.98. The van der Waals surface area contributed by atoms with Crippen molar-refractivity contribution in [1.29, 1.82) is 0 Å². The van der Waals surface area contributed by atoms with Crippen LogP contribution in [-0.2, 0) is 6.54 Å². The Morgan fingerprint density at radius 2 is 2.00 bits per heavy atom. The SMILES string of the molecule is COc1cc(OC)cc([C@@H]2CCN(Cc3ccon3)C2)c1. The van der Waals surface area contributed by atoms with Crippen molar-refractivity contribution in [2.24, 2.45) is 0 Å². The van der Waals surface area contributed by atoms with Crippen LogP contribution in [0.5, 0.6) is 11.5 Å². The summed E-state index contributed by atoms with van der Waals surface area (Å²) in [5.74, 6) is 2.19. The van der Waals surface area contributed by atoms with Gasteiger partial charge in [-0.05, 0) is 36.6 Å². The van der Waals surface area contributed by atoms with Gasteiger partial charge in [0.1, 0.15) is 17.8 Å². The van der Waals surface area contributed by atoms with E-state index in [9.17, 15) is 0 Å². The Kier molecular flexibility index (Phi) is 4.10. The van der Waals surface area contributed by atoms with Gasteiger partial charge >= 0.3 is 0 Å². The normalized spacial score (nSPS) is 18.9. The Morgan fingerprint density at radius 1 is 1.24 bits per heavy atom. The average Bonchev–Trinajstić information content (AvgIpc) is 3.19. The molecule has 112 valence electrons. The third-order valence-corrected chi connectivity index (χ3v) is 3.99. The molecule has 1 aromatic heterocycles. The number of hydrogen-bond donors (Lipinski definition) is 0. The molecule has 3 rings (SSSR count). The van der Waals surface area contributed by atoms with E-state index in [0.29, 0.717) is 5.92 Å². The molecule has 1 fully saturated rings. The van der Waals surface area contributed by atoms with Gasteiger partial charge < -0.3 is 14.0 Å². The lowest BCUT2D eigenvalue weighted by Crippen LogP contribution is -2.19. The fourth-order valence-corrected chi connectivity index (χ4v) is 2.86.